The fraction of sp³-hybridized carbons (Fsp3) is 0.600. The average Bonchev–Trinajstić information content (AvgIpc) is 2.37. The second kappa shape index (κ2) is 4.81. The van der Waals surface area contributed by atoms with E-state index in [0.717, 1.165) is 11.5 Å². The van der Waals surface area contributed by atoms with Gasteiger partial charge in [-0.3, -0.25) is 0 Å². The van der Waals surface area contributed by atoms with Gasteiger partial charge < -0.3 is 14.8 Å². The van der Waals surface area contributed by atoms with Crippen molar-refractivity contribution in [2.24, 2.45) is 0 Å². The number of hydrogen-bond donors (Lipinski definition) is 1. The van der Waals surface area contributed by atoms with Gasteiger partial charge in [-0.05, 0) is 50.3 Å². The molecule has 0 spiro atoms. The smallest absolute Gasteiger partial charge is 0.161 e. The molecule has 18 heavy (non-hydrogen) atoms. The summed E-state index contributed by atoms with van der Waals surface area (Å²) in [7, 11) is 0. The Balaban J connectivity index is 1.83. The van der Waals surface area contributed by atoms with Gasteiger partial charge >= 0.3 is 0 Å². The van der Waals surface area contributed by atoms with Crippen molar-refractivity contribution in [1.29, 1.82) is 0 Å². The number of nitrogens with one attached hydrogen (secondary N) is 1. The Morgan fingerprint density at radius 3 is 2.39 bits per heavy atom. The molecule has 2 aliphatic heterocycles. The fourth-order valence-electron chi connectivity index (χ4n) is 3.16. The summed E-state index contributed by atoms with van der Waals surface area (Å²) in [5.74, 6) is 2.43. The van der Waals surface area contributed by atoms with Crippen molar-refractivity contribution in [3.8, 4) is 11.5 Å². The molecular weight excluding hydrogens is 226 g/mol. The Morgan fingerprint density at radius 2 is 1.67 bits per heavy atom. The summed E-state index contributed by atoms with van der Waals surface area (Å²) in [6.07, 6.45) is 2.40. The first-order valence-corrected chi connectivity index (χ1v) is 6.88. The highest BCUT2D eigenvalue weighted by Crippen LogP contribution is 2.37. The van der Waals surface area contributed by atoms with Crippen LogP contribution in [0.25, 0.3) is 0 Å². The SMILES string of the molecule is CC1CC(c2ccc3c(c2)OCCO3)CC(C)N1. The summed E-state index contributed by atoms with van der Waals surface area (Å²) in [5.41, 5.74) is 1.39. The highest BCUT2D eigenvalue weighted by Gasteiger charge is 2.25. The van der Waals surface area contributed by atoms with Crippen molar-refractivity contribution < 1.29 is 9.47 Å². The van der Waals surface area contributed by atoms with E-state index in [1.165, 1.54) is 18.4 Å². The molecule has 2 unspecified atom stereocenters. The molecule has 0 bridgehead atoms. The van der Waals surface area contributed by atoms with Gasteiger partial charge in [0.2, 0.25) is 0 Å². The van der Waals surface area contributed by atoms with Gasteiger partial charge in [-0.25, -0.2) is 0 Å². The maximum atomic E-state index is 5.67. The van der Waals surface area contributed by atoms with Crippen molar-refractivity contribution in [2.75, 3.05) is 13.2 Å². The molecule has 1 saturated heterocycles. The van der Waals surface area contributed by atoms with Crippen molar-refractivity contribution in [3.05, 3.63) is 23.8 Å². The molecule has 2 aliphatic rings. The van der Waals surface area contributed by atoms with Crippen LogP contribution in [0.4, 0.5) is 0 Å². The minimum Gasteiger partial charge on any atom is -0.486 e. The van der Waals surface area contributed by atoms with E-state index in [-0.39, 0.29) is 0 Å². The third-order valence-electron chi connectivity index (χ3n) is 3.88. The van der Waals surface area contributed by atoms with E-state index in [9.17, 15) is 0 Å². The molecule has 0 aliphatic carbocycles. The molecular formula is C15H21NO2. The quantitative estimate of drug-likeness (QED) is 0.827. The monoisotopic (exact) mass is 247 g/mol. The number of rotatable bonds is 1. The lowest BCUT2D eigenvalue weighted by atomic mass is 9.84. The molecule has 1 fully saturated rings. The molecule has 2 heterocycles. The van der Waals surface area contributed by atoms with Gasteiger partial charge in [-0.15, -0.1) is 0 Å². The summed E-state index contributed by atoms with van der Waals surface area (Å²) in [6, 6.07) is 7.60. The standard InChI is InChI=1S/C15H21NO2/c1-10-7-13(8-11(2)16-10)12-3-4-14-15(9-12)18-6-5-17-14/h3-4,9-11,13,16H,5-8H2,1-2H3. The van der Waals surface area contributed by atoms with Crippen molar-refractivity contribution in [1.82, 2.24) is 5.32 Å². The summed E-state index contributed by atoms with van der Waals surface area (Å²) >= 11 is 0. The molecule has 0 saturated carbocycles. The minimum absolute atomic E-state index is 0.590. The summed E-state index contributed by atoms with van der Waals surface area (Å²) < 4.78 is 11.2. The van der Waals surface area contributed by atoms with Crippen LogP contribution in [0.1, 0.15) is 38.2 Å². The van der Waals surface area contributed by atoms with Crippen LogP contribution in [0.5, 0.6) is 11.5 Å². The Labute approximate surface area is 108 Å². The Bertz CT molecular complexity index is 423. The Kier molecular flexibility index (Phi) is 3.16. The van der Waals surface area contributed by atoms with Crippen LogP contribution in [0, 0.1) is 0 Å². The van der Waals surface area contributed by atoms with E-state index >= 15 is 0 Å². The predicted octanol–water partition coefficient (Wildman–Crippen LogP) is 2.70. The van der Waals surface area contributed by atoms with E-state index < -0.39 is 0 Å². The number of piperidine rings is 1. The van der Waals surface area contributed by atoms with Gasteiger partial charge in [-0.2, -0.15) is 0 Å². The molecule has 3 rings (SSSR count). The molecule has 0 radical (unpaired) electrons. The van der Waals surface area contributed by atoms with Crippen LogP contribution < -0.4 is 14.8 Å². The summed E-state index contributed by atoms with van der Waals surface area (Å²) in [6.45, 7) is 5.85. The molecule has 2 atom stereocenters. The summed E-state index contributed by atoms with van der Waals surface area (Å²) in [4.78, 5) is 0. The lowest BCUT2D eigenvalue weighted by Crippen LogP contribution is -2.41. The Morgan fingerprint density at radius 1 is 1.00 bits per heavy atom. The van der Waals surface area contributed by atoms with Crippen LogP contribution in [0.2, 0.25) is 0 Å². The third-order valence-corrected chi connectivity index (χ3v) is 3.88. The van der Waals surface area contributed by atoms with Crippen LogP contribution in [-0.4, -0.2) is 25.3 Å². The molecule has 1 aromatic rings. The largest absolute Gasteiger partial charge is 0.486 e. The number of ether oxygens (including phenoxy) is 2. The maximum Gasteiger partial charge on any atom is 0.161 e. The molecule has 0 amide bonds. The third kappa shape index (κ3) is 2.32. The molecule has 3 nitrogen and oxygen atoms in total. The number of benzene rings is 1. The number of hydrogen-bond acceptors (Lipinski definition) is 3. The van der Waals surface area contributed by atoms with Gasteiger partial charge in [0.1, 0.15) is 13.2 Å². The van der Waals surface area contributed by atoms with Crippen molar-refractivity contribution in [3.63, 3.8) is 0 Å². The summed E-state index contributed by atoms with van der Waals surface area (Å²) in [5, 5.41) is 3.59. The second-order valence-corrected chi connectivity index (χ2v) is 5.54. The highest BCUT2D eigenvalue weighted by molar-refractivity contribution is 5.45. The lowest BCUT2D eigenvalue weighted by molar-refractivity contribution is 0.171. The molecule has 0 aromatic heterocycles. The van der Waals surface area contributed by atoms with E-state index in [4.69, 9.17) is 9.47 Å². The Hall–Kier alpha value is -1.22. The van der Waals surface area contributed by atoms with Gasteiger partial charge in [0.25, 0.3) is 0 Å². The van der Waals surface area contributed by atoms with E-state index in [2.05, 4.69) is 37.4 Å². The van der Waals surface area contributed by atoms with Crippen LogP contribution in [0.3, 0.4) is 0 Å². The first-order valence-electron chi connectivity index (χ1n) is 6.88. The van der Waals surface area contributed by atoms with Gasteiger partial charge in [-0.1, -0.05) is 6.07 Å². The fourth-order valence-corrected chi connectivity index (χ4v) is 3.16. The zero-order valence-corrected chi connectivity index (χ0v) is 11.1. The van der Waals surface area contributed by atoms with Crippen LogP contribution in [-0.2, 0) is 0 Å². The van der Waals surface area contributed by atoms with Crippen molar-refractivity contribution >= 4 is 0 Å². The molecule has 1 aromatic carbocycles. The maximum absolute atomic E-state index is 5.67. The van der Waals surface area contributed by atoms with Crippen LogP contribution in [0.15, 0.2) is 18.2 Å². The molecule has 98 valence electrons. The average molecular weight is 247 g/mol. The zero-order valence-electron chi connectivity index (χ0n) is 11.1. The van der Waals surface area contributed by atoms with E-state index in [0.29, 0.717) is 31.2 Å². The minimum atomic E-state index is 0.590. The highest BCUT2D eigenvalue weighted by atomic mass is 16.6. The first-order chi connectivity index (χ1) is 8.72. The van der Waals surface area contributed by atoms with Gasteiger partial charge in [0, 0.05) is 12.1 Å². The zero-order chi connectivity index (χ0) is 12.5. The van der Waals surface area contributed by atoms with Crippen molar-refractivity contribution in [2.45, 2.75) is 44.7 Å². The number of fused-ring (bicyclic) bond motifs is 1. The second-order valence-electron chi connectivity index (χ2n) is 5.54. The van der Waals surface area contributed by atoms with Gasteiger partial charge in [0.15, 0.2) is 11.5 Å². The molecule has 1 N–H and O–H groups in total. The van der Waals surface area contributed by atoms with E-state index in [1.54, 1.807) is 0 Å². The topological polar surface area (TPSA) is 30.5 Å². The van der Waals surface area contributed by atoms with Crippen LogP contribution >= 0.6 is 0 Å². The molecule has 3 heteroatoms. The lowest BCUT2D eigenvalue weighted by Gasteiger charge is -2.33. The normalized spacial score (nSPS) is 31.1. The van der Waals surface area contributed by atoms with Gasteiger partial charge in [0.05, 0.1) is 0 Å². The predicted molar refractivity (Wildman–Crippen MR) is 71.5 cm³/mol. The van der Waals surface area contributed by atoms with E-state index in [1.807, 2.05) is 0 Å². The first kappa shape index (κ1) is 11.8.